The lowest BCUT2D eigenvalue weighted by atomic mass is 9.92. The van der Waals surface area contributed by atoms with Crippen LogP contribution in [0.2, 0.25) is 0 Å². The van der Waals surface area contributed by atoms with Gasteiger partial charge in [0.25, 0.3) is 0 Å². The molecule has 2 rings (SSSR count). The van der Waals surface area contributed by atoms with Crippen molar-refractivity contribution in [1.29, 1.82) is 0 Å². The molecule has 2 heterocycles. The Bertz CT molecular complexity index is 364. The van der Waals surface area contributed by atoms with Crippen LogP contribution in [0.4, 0.5) is 0 Å². The average molecular weight is 287 g/mol. The lowest BCUT2D eigenvalue weighted by molar-refractivity contribution is 0.154. The van der Waals surface area contributed by atoms with E-state index < -0.39 is 0 Å². The van der Waals surface area contributed by atoms with Gasteiger partial charge in [-0.15, -0.1) is 12.4 Å². The third kappa shape index (κ3) is 4.79. The first kappa shape index (κ1) is 16.5. The van der Waals surface area contributed by atoms with E-state index in [4.69, 9.17) is 5.73 Å². The van der Waals surface area contributed by atoms with Gasteiger partial charge in [0.15, 0.2) is 0 Å². The second-order valence-corrected chi connectivity index (χ2v) is 5.61. The molecule has 1 saturated heterocycles. The fraction of sp³-hybridized carbons (Fsp3) is 0.786. The molecule has 2 N–H and O–H groups in total. The molecule has 0 saturated carbocycles. The third-order valence-corrected chi connectivity index (χ3v) is 3.83. The summed E-state index contributed by atoms with van der Waals surface area (Å²) in [5.41, 5.74) is 7.35. The van der Waals surface area contributed by atoms with Crippen LogP contribution in [-0.2, 0) is 13.1 Å². The van der Waals surface area contributed by atoms with E-state index in [0.717, 1.165) is 26.1 Å². The molecule has 0 amide bonds. The van der Waals surface area contributed by atoms with Crippen LogP contribution in [0.15, 0.2) is 12.4 Å². The van der Waals surface area contributed by atoms with E-state index in [2.05, 4.69) is 30.0 Å². The van der Waals surface area contributed by atoms with Gasteiger partial charge in [0, 0.05) is 37.4 Å². The Balaban J connectivity index is 0.00000180. The molecule has 0 radical (unpaired) electrons. The molecule has 1 aliphatic rings. The van der Waals surface area contributed by atoms with Crippen molar-refractivity contribution < 1.29 is 0 Å². The van der Waals surface area contributed by atoms with Crippen molar-refractivity contribution in [1.82, 2.24) is 14.7 Å². The topological polar surface area (TPSA) is 47.1 Å². The highest BCUT2D eigenvalue weighted by Crippen LogP contribution is 2.20. The maximum absolute atomic E-state index is 6.02. The van der Waals surface area contributed by atoms with E-state index in [-0.39, 0.29) is 12.4 Å². The average Bonchev–Trinajstić information content (AvgIpc) is 2.77. The molecular weight excluding hydrogens is 260 g/mol. The Morgan fingerprint density at radius 1 is 1.53 bits per heavy atom. The minimum Gasteiger partial charge on any atom is -0.328 e. The molecule has 2 unspecified atom stereocenters. The Hall–Kier alpha value is -0.580. The summed E-state index contributed by atoms with van der Waals surface area (Å²) in [5.74, 6) is 0.657. The second-order valence-electron chi connectivity index (χ2n) is 5.61. The zero-order chi connectivity index (χ0) is 13.0. The van der Waals surface area contributed by atoms with E-state index in [1.165, 1.54) is 24.9 Å². The van der Waals surface area contributed by atoms with Crippen molar-refractivity contribution in [2.75, 3.05) is 13.1 Å². The van der Waals surface area contributed by atoms with Gasteiger partial charge in [0.2, 0.25) is 0 Å². The summed E-state index contributed by atoms with van der Waals surface area (Å²) in [6, 6.07) is 0.315. The van der Waals surface area contributed by atoms with Crippen LogP contribution in [0, 0.1) is 5.92 Å². The molecule has 1 aromatic rings. The predicted octanol–water partition coefficient (Wildman–Crippen LogP) is 2.27. The van der Waals surface area contributed by atoms with Gasteiger partial charge in [0.05, 0.1) is 6.20 Å². The van der Waals surface area contributed by atoms with Crippen molar-refractivity contribution in [2.24, 2.45) is 11.7 Å². The van der Waals surface area contributed by atoms with Crippen molar-refractivity contribution in [2.45, 2.75) is 52.2 Å². The molecule has 1 aromatic heterocycles. The SMILES string of the molecule is CCCn1cc(CN2CCCC(C(C)N)C2)cn1.Cl. The highest BCUT2D eigenvalue weighted by atomic mass is 35.5. The number of hydrogen-bond acceptors (Lipinski definition) is 3. The number of halogens is 1. The summed E-state index contributed by atoms with van der Waals surface area (Å²) in [6.45, 7) is 8.68. The van der Waals surface area contributed by atoms with Gasteiger partial charge < -0.3 is 5.73 Å². The van der Waals surface area contributed by atoms with E-state index in [1.54, 1.807) is 0 Å². The summed E-state index contributed by atoms with van der Waals surface area (Å²) in [4.78, 5) is 2.52. The zero-order valence-corrected chi connectivity index (χ0v) is 12.9. The van der Waals surface area contributed by atoms with Crippen LogP contribution >= 0.6 is 12.4 Å². The molecule has 2 atom stereocenters. The third-order valence-electron chi connectivity index (χ3n) is 3.83. The van der Waals surface area contributed by atoms with Crippen LogP contribution in [0.25, 0.3) is 0 Å². The van der Waals surface area contributed by atoms with E-state index in [0.29, 0.717) is 12.0 Å². The minimum absolute atomic E-state index is 0. The molecule has 19 heavy (non-hydrogen) atoms. The monoisotopic (exact) mass is 286 g/mol. The number of aryl methyl sites for hydroxylation is 1. The van der Waals surface area contributed by atoms with Crippen LogP contribution in [-0.4, -0.2) is 33.8 Å². The minimum atomic E-state index is 0. The zero-order valence-electron chi connectivity index (χ0n) is 12.1. The molecule has 1 aliphatic heterocycles. The van der Waals surface area contributed by atoms with Gasteiger partial charge in [0.1, 0.15) is 0 Å². The quantitative estimate of drug-likeness (QED) is 0.903. The van der Waals surface area contributed by atoms with Crippen LogP contribution in [0.1, 0.15) is 38.7 Å². The highest BCUT2D eigenvalue weighted by Gasteiger charge is 2.22. The van der Waals surface area contributed by atoms with E-state index in [1.807, 2.05) is 10.9 Å². The maximum Gasteiger partial charge on any atom is 0.0534 e. The molecule has 4 nitrogen and oxygen atoms in total. The largest absolute Gasteiger partial charge is 0.328 e. The second kappa shape index (κ2) is 7.88. The number of likely N-dealkylation sites (tertiary alicyclic amines) is 1. The number of aromatic nitrogens is 2. The molecular formula is C14H27ClN4. The summed E-state index contributed by atoms with van der Waals surface area (Å²) < 4.78 is 2.04. The number of nitrogens with zero attached hydrogens (tertiary/aromatic N) is 3. The summed E-state index contributed by atoms with van der Waals surface area (Å²) in [6.07, 6.45) is 7.88. The van der Waals surface area contributed by atoms with Gasteiger partial charge in [-0.2, -0.15) is 5.10 Å². The first-order valence-corrected chi connectivity index (χ1v) is 7.18. The van der Waals surface area contributed by atoms with Gasteiger partial charge >= 0.3 is 0 Å². The molecule has 5 heteroatoms. The summed E-state index contributed by atoms with van der Waals surface area (Å²) >= 11 is 0. The van der Waals surface area contributed by atoms with Gasteiger partial charge in [-0.1, -0.05) is 6.92 Å². The number of hydrogen-bond donors (Lipinski definition) is 1. The number of nitrogens with two attached hydrogens (primary N) is 1. The number of rotatable bonds is 5. The fourth-order valence-electron chi connectivity index (χ4n) is 2.76. The number of piperidine rings is 1. The molecule has 0 spiro atoms. The summed E-state index contributed by atoms with van der Waals surface area (Å²) in [7, 11) is 0. The van der Waals surface area contributed by atoms with E-state index in [9.17, 15) is 0 Å². The highest BCUT2D eigenvalue weighted by molar-refractivity contribution is 5.85. The van der Waals surface area contributed by atoms with Gasteiger partial charge in [-0.05, 0) is 38.6 Å². The first-order chi connectivity index (χ1) is 8.69. The van der Waals surface area contributed by atoms with Crippen molar-refractivity contribution in [3.05, 3.63) is 18.0 Å². The molecule has 0 aromatic carbocycles. The van der Waals surface area contributed by atoms with Crippen LogP contribution < -0.4 is 5.73 Å². The van der Waals surface area contributed by atoms with Crippen LogP contribution in [0.5, 0.6) is 0 Å². The maximum atomic E-state index is 6.02. The lowest BCUT2D eigenvalue weighted by Crippen LogP contribution is -2.41. The van der Waals surface area contributed by atoms with Crippen molar-refractivity contribution >= 4 is 12.4 Å². The summed E-state index contributed by atoms with van der Waals surface area (Å²) in [5, 5.41) is 4.39. The van der Waals surface area contributed by atoms with Crippen molar-refractivity contribution in [3.63, 3.8) is 0 Å². The van der Waals surface area contributed by atoms with Crippen LogP contribution in [0.3, 0.4) is 0 Å². The Labute approximate surface area is 122 Å². The molecule has 0 bridgehead atoms. The predicted molar refractivity (Wildman–Crippen MR) is 81.4 cm³/mol. The standard InChI is InChI=1S/C14H26N4.ClH/c1-3-6-18-10-13(8-16-18)9-17-7-4-5-14(11-17)12(2)15;/h8,10,12,14H,3-7,9,11,15H2,1-2H3;1H. The smallest absolute Gasteiger partial charge is 0.0534 e. The Morgan fingerprint density at radius 2 is 2.32 bits per heavy atom. The molecule has 110 valence electrons. The normalized spacial score (nSPS) is 21.9. The molecule has 0 aliphatic carbocycles. The Kier molecular flexibility index (Phi) is 6.83. The first-order valence-electron chi connectivity index (χ1n) is 7.18. The Morgan fingerprint density at radius 3 is 3.00 bits per heavy atom. The van der Waals surface area contributed by atoms with Gasteiger partial charge in [-0.3, -0.25) is 9.58 Å². The van der Waals surface area contributed by atoms with Gasteiger partial charge in [-0.25, -0.2) is 0 Å². The van der Waals surface area contributed by atoms with Crippen molar-refractivity contribution in [3.8, 4) is 0 Å². The lowest BCUT2D eigenvalue weighted by Gasteiger charge is -2.34. The molecule has 1 fully saturated rings. The van der Waals surface area contributed by atoms with E-state index >= 15 is 0 Å². The fourth-order valence-corrected chi connectivity index (χ4v) is 2.76.